The second-order valence-electron chi connectivity index (χ2n) is 10.00. The summed E-state index contributed by atoms with van der Waals surface area (Å²) in [6.07, 6.45) is 1.30. The topological polar surface area (TPSA) is 126 Å². The second kappa shape index (κ2) is 15.1. The average molecular weight is 617 g/mol. The number of hydrogen-bond acceptors (Lipinski definition) is 6. The van der Waals surface area contributed by atoms with Gasteiger partial charge in [0.05, 0.1) is 17.8 Å². The van der Waals surface area contributed by atoms with Crippen molar-refractivity contribution in [3.05, 3.63) is 179 Å². The van der Waals surface area contributed by atoms with Crippen LogP contribution in [0.2, 0.25) is 0 Å². The average Bonchev–Trinajstić information content (AvgIpc) is 3.10. The molecule has 8 heteroatoms. The van der Waals surface area contributed by atoms with Crippen LogP contribution >= 0.6 is 0 Å². The first-order chi connectivity index (χ1) is 23.0. The van der Waals surface area contributed by atoms with Gasteiger partial charge in [0, 0.05) is 5.70 Å². The quantitative estimate of drug-likeness (QED) is 0.154. The van der Waals surface area contributed by atoms with E-state index in [0.717, 1.165) is 17.1 Å². The molecule has 0 radical (unpaired) electrons. The van der Waals surface area contributed by atoms with E-state index in [4.69, 9.17) is 21.8 Å². The Morgan fingerprint density at radius 3 is 1.68 bits per heavy atom. The van der Waals surface area contributed by atoms with Gasteiger partial charge in [0.2, 0.25) is 0 Å². The van der Waals surface area contributed by atoms with E-state index in [1.54, 1.807) is 48.5 Å². The van der Waals surface area contributed by atoms with E-state index in [-0.39, 0.29) is 22.6 Å². The van der Waals surface area contributed by atoms with Gasteiger partial charge in [-0.2, -0.15) is 5.26 Å². The van der Waals surface area contributed by atoms with Crippen molar-refractivity contribution in [2.75, 3.05) is 0 Å². The van der Waals surface area contributed by atoms with E-state index in [0.29, 0.717) is 28.3 Å². The number of nitrogens with zero attached hydrogens (tertiary/aromatic N) is 2. The van der Waals surface area contributed by atoms with E-state index in [1.165, 1.54) is 6.20 Å². The molecule has 5 aromatic carbocycles. The third kappa shape index (κ3) is 7.93. The molecule has 6 rings (SSSR count). The lowest BCUT2D eigenvalue weighted by Crippen LogP contribution is -2.12. The highest BCUT2D eigenvalue weighted by Gasteiger charge is 2.19. The van der Waals surface area contributed by atoms with Crippen molar-refractivity contribution in [1.82, 2.24) is 4.98 Å². The Balaban J connectivity index is 0.000000207. The largest absolute Gasteiger partial charge is 0.506 e. The van der Waals surface area contributed by atoms with Crippen molar-refractivity contribution in [2.45, 2.75) is 0 Å². The van der Waals surface area contributed by atoms with E-state index < -0.39 is 5.56 Å². The van der Waals surface area contributed by atoms with Crippen LogP contribution in [-0.4, -0.2) is 10.1 Å². The number of aromatic hydroxyl groups is 1. The molecule has 0 aliphatic heterocycles. The molecule has 8 nitrogen and oxygen atoms in total. The van der Waals surface area contributed by atoms with Gasteiger partial charge in [-0.3, -0.25) is 4.79 Å². The molecule has 0 saturated carbocycles. The molecule has 0 aliphatic carbocycles. The van der Waals surface area contributed by atoms with E-state index in [9.17, 15) is 15.2 Å². The number of nitrogens with two attached hydrogens (primary N) is 1. The number of aromatic nitrogens is 1. The van der Waals surface area contributed by atoms with E-state index >= 15 is 0 Å². The van der Waals surface area contributed by atoms with Crippen LogP contribution in [-0.2, 0) is 0 Å². The number of rotatable bonds is 7. The fourth-order valence-electron chi connectivity index (χ4n) is 4.59. The van der Waals surface area contributed by atoms with Gasteiger partial charge < -0.3 is 25.3 Å². The van der Waals surface area contributed by atoms with Crippen molar-refractivity contribution >= 4 is 5.70 Å². The number of aromatic amines is 1. The first-order valence-corrected chi connectivity index (χ1v) is 14.4. The molecule has 0 spiro atoms. The molecule has 47 heavy (non-hydrogen) atoms. The van der Waals surface area contributed by atoms with Gasteiger partial charge >= 0.3 is 0 Å². The Kier molecular flexibility index (Phi) is 10.1. The number of H-pyrrole nitrogens is 1. The molecule has 0 bridgehead atoms. The Bertz CT molecular complexity index is 2110. The molecule has 0 aliphatic rings. The Hall–Kier alpha value is -7.03. The van der Waals surface area contributed by atoms with Gasteiger partial charge in [-0.05, 0) is 77.4 Å². The van der Waals surface area contributed by atoms with Crippen LogP contribution in [0.4, 0.5) is 0 Å². The highest BCUT2D eigenvalue weighted by atomic mass is 16.5. The van der Waals surface area contributed by atoms with Gasteiger partial charge in [-0.25, -0.2) is 4.85 Å². The lowest BCUT2D eigenvalue weighted by molar-refractivity contribution is 0.474. The molecule has 0 fully saturated rings. The van der Waals surface area contributed by atoms with Crippen molar-refractivity contribution in [1.29, 1.82) is 5.26 Å². The van der Waals surface area contributed by atoms with Crippen LogP contribution < -0.4 is 20.8 Å². The Labute approximate surface area is 271 Å². The predicted octanol–water partition coefficient (Wildman–Crippen LogP) is 8.73. The fourth-order valence-corrected chi connectivity index (χ4v) is 4.59. The maximum absolute atomic E-state index is 12.7. The minimum Gasteiger partial charge on any atom is -0.506 e. The summed E-state index contributed by atoms with van der Waals surface area (Å²) in [6, 6.07) is 43.9. The standard InChI is InChI=1S/C24H16N2O3.C15H12N2O/c25-15-20-22(26-24(28)21(23(20)27)16-7-3-1-4-8-16)17-11-13-19(14-12-17)29-18-9-5-2-6-10-18;1-17-11-15(16)12-7-9-14(10-8-12)18-13-5-3-2-4-6-13/h1-14H,(H2,26,27,28);2-11H,16H2/b;15-11-. The summed E-state index contributed by atoms with van der Waals surface area (Å²) in [5.74, 6) is 2.51. The SMILES string of the molecule is N#Cc1c(-c2ccc(Oc3ccccc3)cc2)[nH]c(=O)c(-c2ccccc2)c1O.[C-]#[N+]/C=C(\N)c1ccc(Oc2ccccc2)cc1. The van der Waals surface area contributed by atoms with Crippen LogP contribution in [0.3, 0.4) is 0 Å². The van der Waals surface area contributed by atoms with Gasteiger partial charge in [-0.15, -0.1) is 0 Å². The normalized spacial score (nSPS) is 10.5. The molecule has 0 saturated heterocycles. The molecule has 228 valence electrons. The van der Waals surface area contributed by atoms with Crippen LogP contribution in [0.15, 0.2) is 151 Å². The molecule has 0 amide bonds. The maximum atomic E-state index is 12.7. The highest BCUT2D eigenvalue weighted by Crippen LogP contribution is 2.34. The highest BCUT2D eigenvalue weighted by molar-refractivity contribution is 5.79. The van der Waals surface area contributed by atoms with Gasteiger partial charge in [0.25, 0.3) is 5.56 Å². The first-order valence-electron chi connectivity index (χ1n) is 14.4. The molecular formula is C39H28N4O4. The number of ether oxygens (including phenoxy) is 2. The zero-order valence-corrected chi connectivity index (χ0v) is 25.0. The summed E-state index contributed by atoms with van der Waals surface area (Å²) in [5, 5.41) is 20.3. The van der Waals surface area contributed by atoms with E-state index in [1.807, 2.05) is 97.1 Å². The summed E-state index contributed by atoms with van der Waals surface area (Å²) in [7, 11) is 0. The molecule has 1 aromatic heterocycles. The third-order valence-corrected chi connectivity index (χ3v) is 6.86. The molecule has 4 N–H and O–H groups in total. The fraction of sp³-hybridized carbons (Fsp3) is 0. The first kappa shape index (κ1) is 31.4. The molecule has 0 unspecified atom stereocenters. The molecule has 6 aromatic rings. The summed E-state index contributed by atoms with van der Waals surface area (Å²) in [5.41, 5.74) is 8.01. The van der Waals surface area contributed by atoms with Crippen molar-refractivity contribution < 1.29 is 14.6 Å². The van der Waals surface area contributed by atoms with Crippen LogP contribution in [0.5, 0.6) is 28.7 Å². The Morgan fingerprint density at radius 1 is 0.723 bits per heavy atom. The second-order valence-corrected chi connectivity index (χ2v) is 10.00. The summed E-state index contributed by atoms with van der Waals surface area (Å²) >= 11 is 0. The van der Waals surface area contributed by atoms with Gasteiger partial charge in [-0.1, -0.05) is 78.9 Å². The monoisotopic (exact) mass is 616 g/mol. The molecule has 1 heterocycles. The molecule has 0 atom stereocenters. The van der Waals surface area contributed by atoms with Gasteiger partial charge in [0.15, 0.2) is 6.20 Å². The van der Waals surface area contributed by atoms with Crippen molar-refractivity contribution in [3.63, 3.8) is 0 Å². The number of nitrogens with one attached hydrogen (secondary N) is 1. The van der Waals surface area contributed by atoms with Crippen LogP contribution in [0, 0.1) is 17.9 Å². The van der Waals surface area contributed by atoms with Crippen molar-refractivity contribution in [2.24, 2.45) is 5.73 Å². The number of benzene rings is 5. The number of pyridine rings is 1. The van der Waals surface area contributed by atoms with E-state index in [2.05, 4.69) is 9.83 Å². The maximum Gasteiger partial charge on any atom is 0.260 e. The Morgan fingerprint density at radius 2 is 1.19 bits per heavy atom. The summed E-state index contributed by atoms with van der Waals surface area (Å²) in [4.78, 5) is 18.5. The summed E-state index contributed by atoms with van der Waals surface area (Å²) in [6.45, 7) is 6.72. The summed E-state index contributed by atoms with van der Waals surface area (Å²) < 4.78 is 11.4. The van der Waals surface area contributed by atoms with Gasteiger partial charge in [0.1, 0.15) is 40.4 Å². The zero-order chi connectivity index (χ0) is 33.0. The lowest BCUT2D eigenvalue weighted by Gasteiger charge is -2.11. The number of hydrogen-bond donors (Lipinski definition) is 3. The third-order valence-electron chi connectivity index (χ3n) is 6.86. The van der Waals surface area contributed by atoms with Crippen LogP contribution in [0.1, 0.15) is 11.1 Å². The molecular weight excluding hydrogens is 588 g/mol. The predicted molar refractivity (Wildman–Crippen MR) is 183 cm³/mol. The smallest absolute Gasteiger partial charge is 0.260 e. The lowest BCUT2D eigenvalue weighted by atomic mass is 9.99. The number of nitriles is 1. The minimum atomic E-state index is -0.465. The zero-order valence-electron chi connectivity index (χ0n) is 25.0. The number of para-hydroxylation sites is 2. The van der Waals surface area contributed by atoms with Crippen LogP contribution in [0.25, 0.3) is 32.9 Å². The minimum absolute atomic E-state index is 0.0141. The van der Waals surface area contributed by atoms with Crippen molar-refractivity contribution in [3.8, 4) is 57.2 Å².